The SMILES string of the molecule is c1ccc(-c2ccc3oc4ccc(-c5ccc(-c6ccc7c(c6)c6ccccc6c6nccnc76)cc5)cc4c3c2)cc1. The highest BCUT2D eigenvalue weighted by Crippen LogP contribution is 2.37. The zero-order valence-corrected chi connectivity index (χ0v) is 23.2. The molecule has 3 heteroatoms. The Morgan fingerprint density at radius 3 is 1.37 bits per heavy atom. The first kappa shape index (κ1) is 23.9. The molecule has 0 fully saturated rings. The van der Waals surface area contributed by atoms with Crippen molar-refractivity contribution in [2.24, 2.45) is 0 Å². The molecule has 0 aliphatic heterocycles. The largest absolute Gasteiger partial charge is 0.456 e. The fourth-order valence-corrected chi connectivity index (χ4v) is 6.43. The van der Waals surface area contributed by atoms with Gasteiger partial charge in [0.2, 0.25) is 0 Å². The summed E-state index contributed by atoms with van der Waals surface area (Å²) in [6.45, 7) is 0. The Morgan fingerprint density at radius 1 is 0.326 bits per heavy atom. The van der Waals surface area contributed by atoms with Gasteiger partial charge < -0.3 is 4.42 Å². The van der Waals surface area contributed by atoms with Crippen molar-refractivity contribution in [2.75, 3.05) is 0 Å². The summed E-state index contributed by atoms with van der Waals surface area (Å²) in [6.07, 6.45) is 3.54. The van der Waals surface area contributed by atoms with Gasteiger partial charge in [-0.05, 0) is 74.5 Å². The Hall–Kier alpha value is -5.80. The molecule has 3 nitrogen and oxygen atoms in total. The molecule has 0 radical (unpaired) electrons. The van der Waals surface area contributed by atoms with Gasteiger partial charge in [-0.25, -0.2) is 0 Å². The minimum atomic E-state index is 0.904. The Kier molecular flexibility index (Phi) is 5.20. The minimum absolute atomic E-state index is 0.904. The lowest BCUT2D eigenvalue weighted by atomic mass is 9.94. The number of hydrogen-bond acceptors (Lipinski definition) is 3. The van der Waals surface area contributed by atoms with E-state index < -0.39 is 0 Å². The number of aromatic nitrogens is 2. The average Bonchev–Trinajstić information content (AvgIpc) is 3.46. The summed E-state index contributed by atoms with van der Waals surface area (Å²) in [6, 6.07) is 47.4. The second kappa shape index (κ2) is 9.37. The van der Waals surface area contributed by atoms with Crippen LogP contribution in [0.3, 0.4) is 0 Å². The molecule has 0 amide bonds. The molecule has 7 aromatic carbocycles. The molecular weight excluding hydrogens is 524 g/mol. The van der Waals surface area contributed by atoms with Crippen LogP contribution in [0.5, 0.6) is 0 Å². The normalized spacial score (nSPS) is 11.7. The number of fused-ring (bicyclic) bond motifs is 9. The molecule has 0 spiro atoms. The van der Waals surface area contributed by atoms with E-state index in [0.29, 0.717) is 0 Å². The fourth-order valence-electron chi connectivity index (χ4n) is 6.43. The molecule has 0 unspecified atom stereocenters. The summed E-state index contributed by atoms with van der Waals surface area (Å²) < 4.78 is 6.20. The molecule has 0 atom stereocenters. The van der Waals surface area contributed by atoms with Crippen LogP contribution in [0.1, 0.15) is 0 Å². The van der Waals surface area contributed by atoms with E-state index in [-0.39, 0.29) is 0 Å². The third-order valence-corrected chi connectivity index (χ3v) is 8.57. The van der Waals surface area contributed by atoms with Crippen LogP contribution in [0.2, 0.25) is 0 Å². The molecule has 0 saturated heterocycles. The molecule has 0 bridgehead atoms. The van der Waals surface area contributed by atoms with Crippen molar-refractivity contribution in [1.29, 1.82) is 0 Å². The second-order valence-electron chi connectivity index (χ2n) is 11.0. The number of rotatable bonds is 3. The van der Waals surface area contributed by atoms with Crippen LogP contribution in [-0.4, -0.2) is 9.97 Å². The molecule has 0 N–H and O–H groups in total. The van der Waals surface area contributed by atoms with Gasteiger partial charge in [0.05, 0.1) is 11.0 Å². The average molecular weight is 549 g/mol. The zero-order valence-electron chi connectivity index (χ0n) is 23.2. The van der Waals surface area contributed by atoms with Crippen LogP contribution >= 0.6 is 0 Å². The van der Waals surface area contributed by atoms with Crippen LogP contribution in [0.25, 0.3) is 87.9 Å². The lowest BCUT2D eigenvalue weighted by molar-refractivity contribution is 0.669. The molecule has 2 aromatic heterocycles. The van der Waals surface area contributed by atoms with Crippen molar-refractivity contribution in [3.63, 3.8) is 0 Å². The summed E-state index contributed by atoms with van der Waals surface area (Å²) in [5.41, 5.74) is 10.8. The van der Waals surface area contributed by atoms with Crippen LogP contribution in [-0.2, 0) is 0 Å². The summed E-state index contributed by atoms with van der Waals surface area (Å²) in [7, 11) is 0. The molecule has 0 saturated carbocycles. The minimum Gasteiger partial charge on any atom is -0.456 e. The predicted molar refractivity (Wildman–Crippen MR) is 178 cm³/mol. The van der Waals surface area contributed by atoms with Crippen LogP contribution in [0, 0.1) is 0 Å². The lowest BCUT2D eigenvalue weighted by Crippen LogP contribution is -1.89. The molecule has 9 aromatic rings. The molecule has 43 heavy (non-hydrogen) atoms. The van der Waals surface area contributed by atoms with Crippen molar-refractivity contribution in [3.8, 4) is 33.4 Å². The Bertz CT molecular complexity index is 2460. The van der Waals surface area contributed by atoms with E-state index in [0.717, 1.165) is 43.7 Å². The highest BCUT2D eigenvalue weighted by molar-refractivity contribution is 6.23. The van der Waals surface area contributed by atoms with Crippen LogP contribution in [0.15, 0.2) is 150 Å². The summed E-state index contributed by atoms with van der Waals surface area (Å²) in [4.78, 5) is 9.36. The van der Waals surface area contributed by atoms with Crippen molar-refractivity contribution in [1.82, 2.24) is 9.97 Å². The standard InChI is InChI=1S/C40H24N2O/c1-2-6-25(7-3-1)29-15-18-37-35(23-29)36-24-30(16-19-38(36)43-37)27-12-10-26(11-13-27)28-14-17-33-34(22-28)31-8-4-5-9-32(31)39-40(33)42-21-20-41-39/h1-24H. The number of nitrogens with zero attached hydrogens (tertiary/aromatic N) is 2. The maximum Gasteiger partial charge on any atom is 0.135 e. The van der Waals surface area contributed by atoms with Crippen molar-refractivity contribution in [3.05, 3.63) is 146 Å². The summed E-state index contributed by atoms with van der Waals surface area (Å²) in [5, 5.41) is 6.90. The van der Waals surface area contributed by atoms with Gasteiger partial charge in [-0.2, -0.15) is 0 Å². The maximum absolute atomic E-state index is 6.20. The highest BCUT2D eigenvalue weighted by atomic mass is 16.3. The Morgan fingerprint density at radius 2 is 0.767 bits per heavy atom. The smallest absolute Gasteiger partial charge is 0.135 e. The van der Waals surface area contributed by atoms with Crippen molar-refractivity contribution < 1.29 is 4.42 Å². The van der Waals surface area contributed by atoms with Crippen LogP contribution < -0.4 is 0 Å². The summed E-state index contributed by atoms with van der Waals surface area (Å²) in [5.74, 6) is 0. The van der Waals surface area contributed by atoms with Gasteiger partial charge in [0.15, 0.2) is 0 Å². The molecule has 200 valence electrons. The maximum atomic E-state index is 6.20. The van der Waals surface area contributed by atoms with E-state index in [2.05, 4.69) is 132 Å². The fraction of sp³-hybridized carbons (Fsp3) is 0. The third kappa shape index (κ3) is 3.83. The van der Waals surface area contributed by atoms with E-state index in [1.807, 2.05) is 6.07 Å². The molecule has 2 heterocycles. The second-order valence-corrected chi connectivity index (χ2v) is 11.0. The van der Waals surface area contributed by atoms with E-state index in [4.69, 9.17) is 9.40 Å². The first-order valence-electron chi connectivity index (χ1n) is 14.5. The number of hydrogen-bond donors (Lipinski definition) is 0. The molecule has 0 aliphatic rings. The van der Waals surface area contributed by atoms with Gasteiger partial charge in [-0.3, -0.25) is 9.97 Å². The van der Waals surface area contributed by atoms with Gasteiger partial charge in [0, 0.05) is 33.9 Å². The Labute approximate surface area is 247 Å². The van der Waals surface area contributed by atoms with E-state index in [9.17, 15) is 0 Å². The first-order valence-corrected chi connectivity index (χ1v) is 14.5. The number of furan rings is 1. The van der Waals surface area contributed by atoms with Crippen LogP contribution in [0.4, 0.5) is 0 Å². The summed E-state index contributed by atoms with van der Waals surface area (Å²) >= 11 is 0. The molecule has 9 rings (SSSR count). The Balaban J connectivity index is 1.12. The quantitative estimate of drug-likeness (QED) is 0.206. The highest BCUT2D eigenvalue weighted by Gasteiger charge is 2.13. The van der Waals surface area contributed by atoms with Crippen molar-refractivity contribution in [2.45, 2.75) is 0 Å². The first-order chi connectivity index (χ1) is 21.3. The topological polar surface area (TPSA) is 38.9 Å². The van der Waals surface area contributed by atoms with Gasteiger partial charge in [-0.1, -0.05) is 103 Å². The van der Waals surface area contributed by atoms with E-state index in [1.165, 1.54) is 44.2 Å². The molecule has 0 aliphatic carbocycles. The molecular formula is C40H24N2O. The van der Waals surface area contributed by atoms with Gasteiger partial charge in [0.1, 0.15) is 11.2 Å². The zero-order chi connectivity index (χ0) is 28.3. The van der Waals surface area contributed by atoms with Crippen molar-refractivity contribution >= 4 is 54.5 Å². The lowest BCUT2D eigenvalue weighted by Gasteiger charge is -2.11. The van der Waals surface area contributed by atoms with Gasteiger partial charge in [0.25, 0.3) is 0 Å². The number of benzene rings is 7. The van der Waals surface area contributed by atoms with Gasteiger partial charge >= 0.3 is 0 Å². The predicted octanol–water partition coefficient (Wildman–Crippen LogP) is 10.8. The van der Waals surface area contributed by atoms with Gasteiger partial charge in [-0.15, -0.1) is 0 Å². The monoisotopic (exact) mass is 548 g/mol. The third-order valence-electron chi connectivity index (χ3n) is 8.57. The van der Waals surface area contributed by atoms with E-state index >= 15 is 0 Å². The van der Waals surface area contributed by atoms with E-state index in [1.54, 1.807) is 12.4 Å².